The van der Waals surface area contributed by atoms with E-state index in [1.807, 2.05) is 0 Å². The van der Waals surface area contributed by atoms with Gasteiger partial charge in [0.2, 0.25) is 5.88 Å². The quantitative estimate of drug-likeness (QED) is 0.849. The Kier molecular flexibility index (Phi) is 2.97. The number of benzene rings is 1. The zero-order valence-corrected chi connectivity index (χ0v) is 10.4. The second kappa shape index (κ2) is 4.29. The number of hydrogen-bond donors (Lipinski definition) is 2. The fourth-order valence-electron chi connectivity index (χ4n) is 1.33. The Balaban J connectivity index is 2.69. The van der Waals surface area contributed by atoms with E-state index in [2.05, 4.69) is 25.9 Å². The Bertz CT molecular complexity index is 640. The smallest absolute Gasteiger partial charge is 0.257 e. The summed E-state index contributed by atoms with van der Waals surface area (Å²) in [5.41, 5.74) is 0.0438. The average molecular weight is 299 g/mol. The molecule has 4 nitrogen and oxygen atoms in total. The molecule has 0 fully saturated rings. The van der Waals surface area contributed by atoms with Gasteiger partial charge in [-0.1, -0.05) is 15.9 Å². The molecule has 0 aliphatic carbocycles. The molecular weight excluding hydrogens is 291 g/mol. The number of aromatic nitrogens is 2. The zero-order valence-electron chi connectivity index (χ0n) is 8.79. The molecule has 0 bridgehead atoms. The second-order valence-corrected chi connectivity index (χ2v) is 4.34. The van der Waals surface area contributed by atoms with Crippen molar-refractivity contribution in [1.82, 2.24) is 9.97 Å². The lowest BCUT2D eigenvalue weighted by molar-refractivity contribution is 0.447. The van der Waals surface area contributed by atoms with Gasteiger partial charge in [-0.05, 0) is 25.1 Å². The van der Waals surface area contributed by atoms with Crippen molar-refractivity contribution < 1.29 is 9.50 Å². The summed E-state index contributed by atoms with van der Waals surface area (Å²) in [6.45, 7) is 1.45. The number of hydrogen-bond acceptors (Lipinski definition) is 3. The van der Waals surface area contributed by atoms with Crippen molar-refractivity contribution >= 4 is 15.9 Å². The van der Waals surface area contributed by atoms with E-state index in [-0.39, 0.29) is 17.3 Å². The molecule has 0 atom stereocenters. The summed E-state index contributed by atoms with van der Waals surface area (Å²) in [5, 5.41) is 9.46. The predicted octanol–water partition coefficient (Wildman–Crippen LogP) is 2.35. The first-order chi connectivity index (χ1) is 7.99. The average Bonchev–Trinajstić information content (AvgIpc) is 2.28. The van der Waals surface area contributed by atoms with Gasteiger partial charge in [-0.15, -0.1) is 0 Å². The van der Waals surface area contributed by atoms with E-state index in [0.29, 0.717) is 10.0 Å². The van der Waals surface area contributed by atoms with E-state index >= 15 is 0 Å². The molecule has 1 aromatic carbocycles. The maximum Gasteiger partial charge on any atom is 0.257 e. The van der Waals surface area contributed by atoms with Gasteiger partial charge < -0.3 is 10.1 Å². The third kappa shape index (κ3) is 2.21. The van der Waals surface area contributed by atoms with Crippen LogP contribution in [-0.4, -0.2) is 15.1 Å². The van der Waals surface area contributed by atoms with Gasteiger partial charge in [-0.3, -0.25) is 4.79 Å². The van der Waals surface area contributed by atoms with Crippen molar-refractivity contribution in [3.05, 3.63) is 44.4 Å². The van der Waals surface area contributed by atoms with Crippen LogP contribution < -0.4 is 5.56 Å². The van der Waals surface area contributed by atoms with E-state index in [9.17, 15) is 14.3 Å². The minimum absolute atomic E-state index is 0.115. The molecule has 0 amide bonds. The summed E-state index contributed by atoms with van der Waals surface area (Å²) in [7, 11) is 0. The summed E-state index contributed by atoms with van der Waals surface area (Å²) in [6, 6.07) is 4.00. The van der Waals surface area contributed by atoms with Crippen LogP contribution in [0.4, 0.5) is 4.39 Å². The van der Waals surface area contributed by atoms with Crippen molar-refractivity contribution in [2.75, 3.05) is 0 Å². The molecule has 2 rings (SSSR count). The van der Waals surface area contributed by atoms with Crippen molar-refractivity contribution in [2.45, 2.75) is 6.92 Å². The van der Waals surface area contributed by atoms with Crippen molar-refractivity contribution in [3.8, 4) is 17.3 Å². The highest BCUT2D eigenvalue weighted by molar-refractivity contribution is 9.10. The number of aromatic hydroxyl groups is 1. The maximum atomic E-state index is 13.1. The predicted molar refractivity (Wildman–Crippen MR) is 64.4 cm³/mol. The highest BCUT2D eigenvalue weighted by Crippen LogP contribution is 2.26. The second-order valence-electron chi connectivity index (χ2n) is 3.49. The Labute approximate surface area is 104 Å². The fourth-order valence-corrected chi connectivity index (χ4v) is 1.76. The number of rotatable bonds is 1. The van der Waals surface area contributed by atoms with Crippen molar-refractivity contribution in [1.29, 1.82) is 0 Å². The number of halogens is 2. The first kappa shape index (κ1) is 11.8. The maximum absolute atomic E-state index is 13.1. The van der Waals surface area contributed by atoms with Crippen molar-refractivity contribution in [2.24, 2.45) is 0 Å². The van der Waals surface area contributed by atoms with Crippen molar-refractivity contribution in [3.63, 3.8) is 0 Å². The topological polar surface area (TPSA) is 66.0 Å². The number of nitrogens with one attached hydrogen (secondary N) is 1. The van der Waals surface area contributed by atoms with E-state index in [0.717, 1.165) is 0 Å². The van der Waals surface area contributed by atoms with Crippen LogP contribution >= 0.6 is 15.9 Å². The van der Waals surface area contributed by atoms with Gasteiger partial charge in [0.15, 0.2) is 0 Å². The molecular formula is C11H8BrFN2O2. The molecule has 2 aromatic rings. The Hall–Kier alpha value is -1.69. The zero-order chi connectivity index (χ0) is 12.6. The minimum Gasteiger partial charge on any atom is -0.493 e. The van der Waals surface area contributed by atoms with Crippen LogP contribution in [0.2, 0.25) is 0 Å². The van der Waals surface area contributed by atoms with E-state index < -0.39 is 11.4 Å². The normalized spacial score (nSPS) is 10.5. The molecule has 0 aliphatic heterocycles. The van der Waals surface area contributed by atoms with Gasteiger partial charge in [-0.25, -0.2) is 4.39 Å². The monoisotopic (exact) mass is 298 g/mol. The van der Waals surface area contributed by atoms with Gasteiger partial charge in [0.1, 0.15) is 11.6 Å². The van der Waals surface area contributed by atoms with E-state index in [1.54, 1.807) is 0 Å². The molecule has 0 radical (unpaired) electrons. The van der Waals surface area contributed by atoms with Gasteiger partial charge in [0.05, 0.1) is 5.56 Å². The lowest BCUT2D eigenvalue weighted by Gasteiger charge is -2.05. The standard InChI is InChI=1S/C11H8BrFN2O2/c1-5-10(16)14-9(15-11(5)17)7-4-6(13)2-3-8(7)12/h2-4H,1H3,(H2,14,15,16,17). The van der Waals surface area contributed by atoms with Gasteiger partial charge in [-0.2, -0.15) is 4.98 Å². The summed E-state index contributed by atoms with van der Waals surface area (Å²) in [5.74, 6) is -0.699. The summed E-state index contributed by atoms with van der Waals surface area (Å²) >= 11 is 3.22. The van der Waals surface area contributed by atoms with Crippen LogP contribution in [0.5, 0.6) is 5.88 Å². The van der Waals surface area contributed by atoms with Crippen LogP contribution in [0.25, 0.3) is 11.4 Å². The van der Waals surface area contributed by atoms with E-state index in [4.69, 9.17) is 0 Å². The molecule has 2 N–H and O–H groups in total. The summed E-state index contributed by atoms with van der Waals surface area (Å²) < 4.78 is 13.7. The summed E-state index contributed by atoms with van der Waals surface area (Å²) in [6.07, 6.45) is 0. The Morgan fingerprint density at radius 1 is 1.47 bits per heavy atom. The molecule has 88 valence electrons. The third-order valence-corrected chi connectivity index (χ3v) is 3.00. The summed E-state index contributed by atoms with van der Waals surface area (Å²) in [4.78, 5) is 17.8. The first-order valence-corrected chi connectivity index (χ1v) is 5.53. The van der Waals surface area contributed by atoms with Crippen LogP contribution in [-0.2, 0) is 0 Å². The Morgan fingerprint density at radius 2 is 2.18 bits per heavy atom. The van der Waals surface area contributed by atoms with Crippen LogP contribution in [0.15, 0.2) is 27.5 Å². The lowest BCUT2D eigenvalue weighted by Crippen LogP contribution is -2.12. The molecule has 1 heterocycles. The Morgan fingerprint density at radius 3 is 2.82 bits per heavy atom. The largest absolute Gasteiger partial charge is 0.493 e. The molecule has 0 spiro atoms. The van der Waals surface area contributed by atoms with Gasteiger partial charge >= 0.3 is 0 Å². The highest BCUT2D eigenvalue weighted by Gasteiger charge is 2.11. The molecule has 1 aromatic heterocycles. The molecule has 0 saturated heterocycles. The van der Waals surface area contributed by atoms with Crippen LogP contribution in [0.3, 0.4) is 0 Å². The number of aromatic amines is 1. The molecule has 0 saturated carbocycles. The SMILES string of the molecule is Cc1c(O)nc(-c2cc(F)ccc2Br)[nH]c1=O. The molecule has 6 heteroatoms. The number of nitrogens with zero attached hydrogens (tertiary/aromatic N) is 1. The molecule has 0 unspecified atom stereocenters. The first-order valence-electron chi connectivity index (χ1n) is 4.74. The minimum atomic E-state index is -0.455. The third-order valence-electron chi connectivity index (χ3n) is 2.31. The van der Waals surface area contributed by atoms with Gasteiger partial charge in [0, 0.05) is 10.0 Å². The molecule has 17 heavy (non-hydrogen) atoms. The van der Waals surface area contributed by atoms with Gasteiger partial charge in [0.25, 0.3) is 5.56 Å². The lowest BCUT2D eigenvalue weighted by atomic mass is 10.2. The molecule has 0 aliphatic rings. The van der Waals surface area contributed by atoms with Crippen LogP contribution in [0, 0.1) is 12.7 Å². The van der Waals surface area contributed by atoms with Crippen LogP contribution in [0.1, 0.15) is 5.56 Å². The highest BCUT2D eigenvalue weighted by atomic mass is 79.9. The number of H-pyrrole nitrogens is 1. The fraction of sp³-hybridized carbons (Fsp3) is 0.0909. The van der Waals surface area contributed by atoms with E-state index in [1.165, 1.54) is 25.1 Å².